The lowest BCUT2D eigenvalue weighted by Crippen LogP contribution is -2.55. The topological polar surface area (TPSA) is 21.3 Å². The summed E-state index contributed by atoms with van der Waals surface area (Å²) in [5.41, 5.74) is 1.36. The summed E-state index contributed by atoms with van der Waals surface area (Å²) >= 11 is 0. The van der Waals surface area contributed by atoms with Crippen LogP contribution in [0.25, 0.3) is 0 Å². The van der Waals surface area contributed by atoms with Crippen LogP contribution in [0, 0.1) is 5.92 Å². The maximum absolute atomic E-state index is 6.30. The molecule has 0 aromatic heterocycles. The zero-order chi connectivity index (χ0) is 14.3. The van der Waals surface area contributed by atoms with E-state index in [9.17, 15) is 0 Å². The van der Waals surface area contributed by atoms with Crippen molar-refractivity contribution < 1.29 is 4.74 Å². The van der Waals surface area contributed by atoms with Crippen LogP contribution in [0.2, 0.25) is 0 Å². The molecule has 1 fully saturated rings. The van der Waals surface area contributed by atoms with E-state index >= 15 is 0 Å². The molecule has 0 aromatic carbocycles. The van der Waals surface area contributed by atoms with Gasteiger partial charge in [-0.1, -0.05) is 45.8 Å². The second-order valence-electron chi connectivity index (χ2n) is 6.12. The number of hydrogen-bond acceptors (Lipinski definition) is 2. The van der Waals surface area contributed by atoms with Gasteiger partial charge < -0.3 is 10.1 Å². The summed E-state index contributed by atoms with van der Waals surface area (Å²) in [7, 11) is 0. The van der Waals surface area contributed by atoms with E-state index in [4.69, 9.17) is 4.74 Å². The number of ether oxygens (including phenoxy) is 1. The highest BCUT2D eigenvalue weighted by Crippen LogP contribution is 2.39. The van der Waals surface area contributed by atoms with Crippen LogP contribution in [0.5, 0.6) is 0 Å². The van der Waals surface area contributed by atoms with E-state index in [1.54, 1.807) is 0 Å². The number of likely N-dealkylation sites (N-methyl/N-ethyl adjacent to an activating group) is 1. The Bertz CT molecular complexity index is 272. The van der Waals surface area contributed by atoms with Gasteiger partial charge in [0.25, 0.3) is 0 Å². The van der Waals surface area contributed by atoms with E-state index in [-0.39, 0.29) is 5.60 Å². The molecule has 0 heterocycles. The summed E-state index contributed by atoms with van der Waals surface area (Å²) < 4.78 is 6.30. The minimum Gasteiger partial charge on any atom is -0.374 e. The number of hydrogen-bond donors (Lipinski definition) is 1. The fourth-order valence-corrected chi connectivity index (χ4v) is 3.50. The van der Waals surface area contributed by atoms with Crippen molar-refractivity contribution in [3.8, 4) is 0 Å². The highest BCUT2D eigenvalue weighted by Gasteiger charge is 2.42. The predicted molar refractivity (Wildman–Crippen MR) is 83.5 cm³/mol. The van der Waals surface area contributed by atoms with Gasteiger partial charge >= 0.3 is 0 Å². The first-order chi connectivity index (χ1) is 9.07. The van der Waals surface area contributed by atoms with Gasteiger partial charge in [-0.3, -0.25) is 0 Å². The van der Waals surface area contributed by atoms with Crippen LogP contribution >= 0.6 is 0 Å². The first-order valence-corrected chi connectivity index (χ1v) is 8.11. The van der Waals surface area contributed by atoms with Crippen LogP contribution in [-0.2, 0) is 4.74 Å². The van der Waals surface area contributed by atoms with E-state index in [0.717, 1.165) is 31.9 Å². The third-order valence-corrected chi connectivity index (χ3v) is 4.50. The molecule has 3 atom stereocenters. The fourth-order valence-electron chi connectivity index (χ4n) is 3.50. The van der Waals surface area contributed by atoms with Crippen LogP contribution in [0.3, 0.4) is 0 Å². The highest BCUT2D eigenvalue weighted by atomic mass is 16.5. The highest BCUT2D eigenvalue weighted by molar-refractivity contribution is 5.05. The zero-order valence-corrected chi connectivity index (χ0v) is 13.4. The lowest BCUT2D eigenvalue weighted by atomic mass is 9.73. The van der Waals surface area contributed by atoms with Crippen LogP contribution in [0.4, 0.5) is 0 Å². The first kappa shape index (κ1) is 16.7. The van der Waals surface area contributed by atoms with Gasteiger partial charge in [0.05, 0.1) is 5.60 Å². The summed E-state index contributed by atoms with van der Waals surface area (Å²) in [6.45, 7) is 14.9. The van der Waals surface area contributed by atoms with Crippen LogP contribution in [-0.4, -0.2) is 24.8 Å². The second-order valence-corrected chi connectivity index (χ2v) is 6.12. The molecule has 0 amide bonds. The average molecular weight is 267 g/mol. The number of rotatable bonds is 8. The van der Waals surface area contributed by atoms with Crippen molar-refractivity contribution in [2.24, 2.45) is 5.92 Å². The summed E-state index contributed by atoms with van der Waals surface area (Å²) in [4.78, 5) is 0. The van der Waals surface area contributed by atoms with Gasteiger partial charge in [0, 0.05) is 12.6 Å². The van der Waals surface area contributed by atoms with Gasteiger partial charge in [-0.15, -0.1) is 0 Å². The molecule has 0 bridgehead atoms. The molecular formula is C17H33NO. The molecule has 0 saturated heterocycles. The number of nitrogens with one attached hydrogen (secondary N) is 1. The Morgan fingerprint density at radius 3 is 2.68 bits per heavy atom. The normalized spacial score (nSPS) is 29.2. The van der Waals surface area contributed by atoms with Crippen molar-refractivity contribution in [2.45, 2.75) is 77.9 Å². The Hall–Kier alpha value is -0.340. The molecular weight excluding hydrogens is 234 g/mol. The van der Waals surface area contributed by atoms with Gasteiger partial charge in [0.1, 0.15) is 0 Å². The van der Waals surface area contributed by atoms with E-state index in [0.29, 0.717) is 6.04 Å². The zero-order valence-electron chi connectivity index (χ0n) is 13.4. The lowest BCUT2D eigenvalue weighted by molar-refractivity contribution is -0.0999. The molecule has 2 nitrogen and oxygen atoms in total. The predicted octanol–water partition coefficient (Wildman–Crippen LogP) is 4.31. The lowest BCUT2D eigenvalue weighted by Gasteiger charge is -2.46. The third-order valence-electron chi connectivity index (χ3n) is 4.50. The smallest absolute Gasteiger partial charge is 0.0840 e. The molecule has 112 valence electrons. The van der Waals surface area contributed by atoms with Crippen LogP contribution in [0.1, 0.15) is 66.2 Å². The van der Waals surface area contributed by atoms with Crippen molar-refractivity contribution in [1.82, 2.24) is 5.32 Å². The quantitative estimate of drug-likeness (QED) is 0.662. The average Bonchev–Trinajstić information content (AvgIpc) is 2.38. The Morgan fingerprint density at radius 2 is 2.16 bits per heavy atom. The molecule has 0 spiro atoms. The van der Waals surface area contributed by atoms with Gasteiger partial charge in [0.2, 0.25) is 0 Å². The fraction of sp³-hybridized carbons (Fsp3) is 0.882. The molecule has 0 aromatic rings. The minimum atomic E-state index is 0.0283. The van der Waals surface area contributed by atoms with Crippen molar-refractivity contribution in [3.05, 3.63) is 12.2 Å². The molecule has 1 rings (SSSR count). The molecule has 1 aliphatic rings. The minimum absolute atomic E-state index is 0.0283. The maximum Gasteiger partial charge on any atom is 0.0840 e. The standard InChI is InChI=1S/C17H33NO/c1-6-14(4)12-16(18-7-2)17(19-8-3)11-9-10-15(5)13-17/h15-16,18H,4,6-13H2,1-3,5H3. The SMILES string of the molecule is C=C(CC)CC(NCC)C1(OCC)CCCC(C)C1. The Kier molecular flexibility index (Phi) is 7.09. The second kappa shape index (κ2) is 8.06. The van der Waals surface area contributed by atoms with Crippen LogP contribution < -0.4 is 5.32 Å². The molecule has 19 heavy (non-hydrogen) atoms. The van der Waals surface area contributed by atoms with Crippen molar-refractivity contribution in [3.63, 3.8) is 0 Å². The summed E-state index contributed by atoms with van der Waals surface area (Å²) in [5.74, 6) is 0.774. The Morgan fingerprint density at radius 1 is 1.42 bits per heavy atom. The van der Waals surface area contributed by atoms with Gasteiger partial charge in [-0.2, -0.15) is 0 Å². The Balaban J connectivity index is 2.86. The van der Waals surface area contributed by atoms with E-state index < -0.39 is 0 Å². The molecule has 2 heteroatoms. The molecule has 3 unspecified atom stereocenters. The summed E-state index contributed by atoms with van der Waals surface area (Å²) in [6, 6.07) is 0.424. The van der Waals surface area contributed by atoms with Crippen LogP contribution in [0.15, 0.2) is 12.2 Å². The Labute approximate surface area is 120 Å². The largest absolute Gasteiger partial charge is 0.374 e. The first-order valence-electron chi connectivity index (χ1n) is 8.11. The molecule has 0 radical (unpaired) electrons. The molecule has 0 aliphatic heterocycles. The summed E-state index contributed by atoms with van der Waals surface area (Å²) in [6.07, 6.45) is 7.15. The maximum atomic E-state index is 6.30. The van der Waals surface area contributed by atoms with Gasteiger partial charge in [0.15, 0.2) is 0 Å². The van der Waals surface area contributed by atoms with E-state index in [2.05, 4.69) is 39.6 Å². The van der Waals surface area contributed by atoms with E-state index in [1.165, 1.54) is 31.3 Å². The molecule has 1 saturated carbocycles. The monoisotopic (exact) mass is 267 g/mol. The van der Waals surface area contributed by atoms with Crippen molar-refractivity contribution in [2.75, 3.05) is 13.2 Å². The molecule has 1 N–H and O–H groups in total. The van der Waals surface area contributed by atoms with Crippen molar-refractivity contribution >= 4 is 0 Å². The molecule has 1 aliphatic carbocycles. The summed E-state index contributed by atoms with van der Waals surface area (Å²) in [5, 5.41) is 3.68. The van der Waals surface area contributed by atoms with Crippen molar-refractivity contribution in [1.29, 1.82) is 0 Å². The van der Waals surface area contributed by atoms with Gasteiger partial charge in [-0.25, -0.2) is 0 Å². The van der Waals surface area contributed by atoms with E-state index in [1.807, 2.05) is 0 Å². The van der Waals surface area contributed by atoms with Gasteiger partial charge in [-0.05, 0) is 45.1 Å². The third kappa shape index (κ3) is 4.61.